The van der Waals surface area contributed by atoms with E-state index in [9.17, 15) is 14.7 Å². The third kappa shape index (κ3) is 3.08. The zero-order valence-electron chi connectivity index (χ0n) is 13.7. The van der Waals surface area contributed by atoms with Crippen LogP contribution in [0.5, 0.6) is 11.5 Å². The van der Waals surface area contributed by atoms with Gasteiger partial charge in [0.15, 0.2) is 0 Å². The van der Waals surface area contributed by atoms with Gasteiger partial charge in [-0.25, -0.2) is 0 Å². The molecule has 2 atom stereocenters. The molecule has 128 valence electrons. The van der Waals surface area contributed by atoms with E-state index < -0.39 is 11.9 Å². The van der Waals surface area contributed by atoms with Crippen molar-refractivity contribution in [2.75, 3.05) is 14.2 Å². The Morgan fingerprint density at radius 1 is 1.04 bits per heavy atom. The summed E-state index contributed by atoms with van der Waals surface area (Å²) in [5.74, 6) is -0.478. The van der Waals surface area contributed by atoms with E-state index in [1.165, 1.54) is 0 Å². The van der Waals surface area contributed by atoms with E-state index in [-0.39, 0.29) is 26.2 Å². The predicted octanol–water partition coefficient (Wildman–Crippen LogP) is 2.99. The Morgan fingerprint density at radius 2 is 1.67 bits per heavy atom. The molecule has 0 amide bonds. The first-order valence-electron chi connectivity index (χ1n) is 7.97. The van der Waals surface area contributed by atoms with Crippen LogP contribution in [0.2, 0.25) is 0 Å². The van der Waals surface area contributed by atoms with Crippen molar-refractivity contribution in [2.24, 2.45) is 11.8 Å². The van der Waals surface area contributed by atoms with E-state index in [4.69, 9.17) is 9.47 Å². The molecule has 5 nitrogen and oxygen atoms in total. The second-order valence-electron chi connectivity index (χ2n) is 6.06. The van der Waals surface area contributed by atoms with Crippen LogP contribution < -0.4 is 9.47 Å². The molecule has 1 aliphatic rings. The van der Waals surface area contributed by atoms with Crippen molar-refractivity contribution in [3.05, 3.63) is 22.6 Å². The number of ketones is 1. The first-order valence-corrected chi connectivity index (χ1v) is 9.69. The number of fused-ring (bicyclic) bond motifs is 1. The summed E-state index contributed by atoms with van der Waals surface area (Å²) in [4.78, 5) is 24.4. The minimum atomic E-state index is -0.847. The van der Waals surface area contributed by atoms with Gasteiger partial charge in [0.25, 0.3) is 0 Å². The van der Waals surface area contributed by atoms with Gasteiger partial charge in [-0.2, -0.15) is 0 Å². The van der Waals surface area contributed by atoms with Crippen LogP contribution in [-0.2, 0) is 4.79 Å². The number of Topliss-reactive ketones (excluding diaryl/α,β-unsaturated/α-hetero) is 1. The van der Waals surface area contributed by atoms with E-state index >= 15 is 0 Å². The van der Waals surface area contributed by atoms with E-state index in [1.807, 2.05) is 18.2 Å². The summed E-state index contributed by atoms with van der Waals surface area (Å²) in [6.07, 6.45) is 3.08. The number of hydrogen-bond acceptors (Lipinski definition) is 4. The van der Waals surface area contributed by atoms with Gasteiger partial charge in [-0.3, -0.25) is 0 Å². The van der Waals surface area contributed by atoms with Gasteiger partial charge in [-0.1, -0.05) is 0 Å². The van der Waals surface area contributed by atoms with E-state index in [2.05, 4.69) is 0 Å². The molecule has 1 aromatic carbocycles. The number of ether oxygens (including phenoxy) is 2. The van der Waals surface area contributed by atoms with E-state index in [0.29, 0.717) is 24.3 Å². The number of rotatable bonds is 5. The second-order valence-corrected chi connectivity index (χ2v) is 8.33. The van der Waals surface area contributed by atoms with Gasteiger partial charge in [0.1, 0.15) is 0 Å². The molecule has 0 radical (unpaired) electrons. The fourth-order valence-corrected chi connectivity index (χ4v) is 5.67. The summed E-state index contributed by atoms with van der Waals surface area (Å²) < 4.78 is 12.5. The molecule has 0 bridgehead atoms. The molecule has 24 heavy (non-hydrogen) atoms. The maximum atomic E-state index is 12.9. The molecule has 1 aliphatic carbocycles. The molecule has 0 aliphatic heterocycles. The number of hydrogen-bond donors (Lipinski definition) is 1. The quantitative estimate of drug-likeness (QED) is 0.623. The Bertz CT molecular complexity index is 738. The molecule has 1 heterocycles. The van der Waals surface area contributed by atoms with Crippen molar-refractivity contribution in [1.82, 2.24) is 0 Å². The van der Waals surface area contributed by atoms with E-state index in [1.54, 1.807) is 14.2 Å². The molecular formula is C18H20O5Se. The second kappa shape index (κ2) is 6.99. The third-order valence-corrected chi connectivity index (χ3v) is 7.02. The van der Waals surface area contributed by atoms with Crippen LogP contribution in [0.1, 0.15) is 34.9 Å². The van der Waals surface area contributed by atoms with Gasteiger partial charge in [-0.05, 0) is 0 Å². The van der Waals surface area contributed by atoms with Gasteiger partial charge in [0, 0.05) is 0 Å². The number of carboxylic acid groups (broad SMARTS) is 1. The summed E-state index contributed by atoms with van der Waals surface area (Å²) in [6.45, 7) is 0. The third-order valence-electron chi connectivity index (χ3n) is 4.69. The van der Waals surface area contributed by atoms with Crippen LogP contribution in [0.25, 0.3) is 9.65 Å². The summed E-state index contributed by atoms with van der Waals surface area (Å²) in [7, 11) is 3.17. The van der Waals surface area contributed by atoms with Gasteiger partial charge in [0.05, 0.1) is 0 Å². The average Bonchev–Trinajstić information content (AvgIpc) is 3.02. The number of benzene rings is 1. The molecule has 3 rings (SSSR count). The molecule has 1 fully saturated rings. The Labute approximate surface area is 146 Å². The zero-order chi connectivity index (χ0) is 17.3. The Morgan fingerprint density at radius 3 is 2.29 bits per heavy atom. The number of carboxylic acids is 1. The van der Waals surface area contributed by atoms with E-state index in [0.717, 1.165) is 26.9 Å². The zero-order valence-corrected chi connectivity index (χ0v) is 15.4. The first kappa shape index (κ1) is 17.1. The number of carbonyl (C=O) groups excluding carboxylic acids is 1. The molecule has 2 aromatic rings. The fraction of sp³-hybridized carbons (Fsp3) is 0.444. The fourth-order valence-electron chi connectivity index (χ4n) is 3.41. The van der Waals surface area contributed by atoms with Gasteiger partial charge < -0.3 is 0 Å². The predicted molar refractivity (Wildman–Crippen MR) is 91.4 cm³/mol. The van der Waals surface area contributed by atoms with Crippen LogP contribution in [0.3, 0.4) is 0 Å². The number of methoxy groups -OCH3 is 2. The van der Waals surface area contributed by atoms with Crippen molar-refractivity contribution in [1.29, 1.82) is 0 Å². The monoisotopic (exact) mass is 396 g/mol. The first-order chi connectivity index (χ1) is 11.5. The average molecular weight is 395 g/mol. The molecule has 0 saturated heterocycles. The molecule has 0 spiro atoms. The number of carbonyl (C=O) groups is 2. The molecule has 2 unspecified atom stereocenters. The molecule has 1 aromatic heterocycles. The molecular weight excluding hydrogens is 375 g/mol. The van der Waals surface area contributed by atoms with Gasteiger partial charge in [-0.15, -0.1) is 0 Å². The standard InChI is InChI=1S/C18H20O5Se/c1-22-13-7-10-8-16(24-15(10)9-14(13)23-2)17(19)11-5-3-4-6-12(11)18(20)21/h7-9,11-12H,3-6H2,1-2H3,(H,20,21). The Balaban J connectivity index is 1.96. The normalized spacial score (nSPS) is 20.8. The summed E-state index contributed by atoms with van der Waals surface area (Å²) >= 11 is -0.119. The van der Waals surface area contributed by atoms with Gasteiger partial charge in [0.2, 0.25) is 0 Å². The maximum absolute atomic E-state index is 12.9. The van der Waals surface area contributed by atoms with Crippen LogP contribution >= 0.6 is 0 Å². The van der Waals surface area contributed by atoms with Crippen LogP contribution in [0.4, 0.5) is 0 Å². The van der Waals surface area contributed by atoms with Crippen molar-refractivity contribution in [2.45, 2.75) is 25.7 Å². The van der Waals surface area contributed by atoms with Crippen molar-refractivity contribution < 1.29 is 24.2 Å². The van der Waals surface area contributed by atoms with Crippen molar-refractivity contribution >= 4 is 35.9 Å². The number of aliphatic carboxylic acids is 1. The Hall–Kier alpha value is -1.78. The summed E-state index contributed by atoms with van der Waals surface area (Å²) in [5.41, 5.74) is 0. The van der Waals surface area contributed by atoms with Crippen molar-refractivity contribution in [3.8, 4) is 11.5 Å². The summed E-state index contributed by atoms with van der Waals surface area (Å²) in [5, 5.41) is 10.4. The minimum absolute atomic E-state index is 0.0104. The molecule has 1 N–H and O–H groups in total. The van der Waals surface area contributed by atoms with Gasteiger partial charge >= 0.3 is 146 Å². The van der Waals surface area contributed by atoms with Crippen LogP contribution in [0, 0.1) is 11.8 Å². The molecule has 1 saturated carbocycles. The summed E-state index contributed by atoms with van der Waals surface area (Å²) in [6, 6.07) is 5.69. The van der Waals surface area contributed by atoms with Crippen LogP contribution in [0.15, 0.2) is 18.2 Å². The van der Waals surface area contributed by atoms with Crippen molar-refractivity contribution in [3.63, 3.8) is 0 Å². The Kier molecular flexibility index (Phi) is 4.97. The molecule has 6 heteroatoms. The topological polar surface area (TPSA) is 72.8 Å². The SMILES string of the molecule is COc1cc2cc(C(=O)C3CCCCC3C(=O)O)[se]c2cc1OC. The van der Waals surface area contributed by atoms with Crippen LogP contribution in [-0.4, -0.2) is 45.6 Å².